The molecule has 92 valence electrons. The van der Waals surface area contributed by atoms with Gasteiger partial charge in [0.1, 0.15) is 0 Å². The van der Waals surface area contributed by atoms with Crippen molar-refractivity contribution in [3.63, 3.8) is 0 Å². The molecule has 0 spiro atoms. The lowest BCUT2D eigenvalue weighted by Crippen LogP contribution is -2.23. The summed E-state index contributed by atoms with van der Waals surface area (Å²) in [5.74, 6) is 0. The third-order valence-corrected chi connectivity index (χ3v) is 4.74. The van der Waals surface area contributed by atoms with Crippen molar-refractivity contribution in [1.29, 1.82) is 0 Å². The highest BCUT2D eigenvalue weighted by Crippen LogP contribution is 2.27. The van der Waals surface area contributed by atoms with Crippen LogP contribution >= 0.6 is 22.7 Å². The molecule has 2 aromatic rings. The molecule has 2 aromatic heterocycles. The van der Waals surface area contributed by atoms with Gasteiger partial charge in [-0.1, -0.05) is 6.92 Å². The second kappa shape index (κ2) is 6.34. The van der Waals surface area contributed by atoms with E-state index in [1.165, 1.54) is 22.4 Å². The molecule has 0 saturated heterocycles. The maximum atomic E-state index is 3.67. The summed E-state index contributed by atoms with van der Waals surface area (Å²) >= 11 is 3.65. The fourth-order valence-electron chi connectivity index (χ4n) is 1.96. The zero-order valence-electron chi connectivity index (χ0n) is 10.4. The van der Waals surface area contributed by atoms with Gasteiger partial charge in [0.25, 0.3) is 0 Å². The molecule has 2 rings (SSSR count). The van der Waals surface area contributed by atoms with Crippen molar-refractivity contribution in [1.82, 2.24) is 5.32 Å². The summed E-state index contributed by atoms with van der Waals surface area (Å²) in [6, 6.07) is 4.92. The minimum Gasteiger partial charge on any atom is -0.309 e. The Morgan fingerprint density at radius 3 is 2.76 bits per heavy atom. The first-order valence-electron chi connectivity index (χ1n) is 6.09. The Hall–Kier alpha value is -0.640. The van der Waals surface area contributed by atoms with E-state index in [-0.39, 0.29) is 0 Å². The summed E-state index contributed by atoms with van der Waals surface area (Å²) in [4.78, 5) is 1.49. The molecule has 0 radical (unpaired) electrons. The summed E-state index contributed by atoms with van der Waals surface area (Å²) in [7, 11) is 0. The van der Waals surface area contributed by atoms with Crippen LogP contribution in [0.4, 0.5) is 0 Å². The van der Waals surface area contributed by atoms with Crippen molar-refractivity contribution in [3.05, 3.63) is 44.3 Å². The maximum absolute atomic E-state index is 3.67. The van der Waals surface area contributed by atoms with E-state index >= 15 is 0 Å². The van der Waals surface area contributed by atoms with E-state index < -0.39 is 0 Å². The Morgan fingerprint density at radius 2 is 2.18 bits per heavy atom. The molecule has 0 aliphatic carbocycles. The zero-order chi connectivity index (χ0) is 12.1. The van der Waals surface area contributed by atoms with Gasteiger partial charge in [0.2, 0.25) is 0 Å². The highest BCUT2D eigenvalue weighted by atomic mass is 32.1. The van der Waals surface area contributed by atoms with Crippen LogP contribution in [-0.2, 0) is 6.42 Å². The van der Waals surface area contributed by atoms with Gasteiger partial charge in [-0.3, -0.25) is 0 Å². The van der Waals surface area contributed by atoms with Crippen molar-refractivity contribution in [2.75, 3.05) is 6.54 Å². The minimum absolute atomic E-state index is 0.476. The average molecular weight is 265 g/mol. The molecule has 1 unspecified atom stereocenters. The van der Waals surface area contributed by atoms with Crippen molar-refractivity contribution in [2.45, 2.75) is 32.7 Å². The Balaban J connectivity index is 2.11. The predicted molar refractivity (Wildman–Crippen MR) is 78.1 cm³/mol. The Bertz CT molecular complexity index is 431. The normalized spacial score (nSPS) is 12.8. The molecule has 1 atom stereocenters. The highest BCUT2D eigenvalue weighted by molar-refractivity contribution is 7.10. The van der Waals surface area contributed by atoms with Gasteiger partial charge in [0.15, 0.2) is 0 Å². The molecule has 0 fully saturated rings. The number of hydrogen-bond acceptors (Lipinski definition) is 3. The third-order valence-electron chi connectivity index (χ3n) is 2.88. The van der Waals surface area contributed by atoms with Gasteiger partial charge in [-0.15, -0.1) is 11.3 Å². The van der Waals surface area contributed by atoms with Gasteiger partial charge in [-0.25, -0.2) is 0 Å². The number of rotatable bonds is 6. The maximum Gasteiger partial charge on any atom is 0.0458 e. The van der Waals surface area contributed by atoms with Gasteiger partial charge >= 0.3 is 0 Å². The summed E-state index contributed by atoms with van der Waals surface area (Å²) in [6.45, 7) is 5.52. The lowest BCUT2D eigenvalue weighted by atomic mass is 10.0. The first kappa shape index (κ1) is 12.8. The SMILES string of the molecule is CCCNC(Cc1ccsc1)c1sccc1C. The molecule has 0 saturated carbocycles. The largest absolute Gasteiger partial charge is 0.309 e. The quantitative estimate of drug-likeness (QED) is 0.816. The van der Waals surface area contributed by atoms with Crippen LogP contribution < -0.4 is 5.32 Å². The van der Waals surface area contributed by atoms with Gasteiger partial charge in [0, 0.05) is 10.9 Å². The first-order valence-corrected chi connectivity index (χ1v) is 7.92. The first-order chi connectivity index (χ1) is 8.31. The fourth-order valence-corrected chi connectivity index (χ4v) is 3.65. The molecule has 17 heavy (non-hydrogen) atoms. The monoisotopic (exact) mass is 265 g/mol. The predicted octanol–water partition coefficient (Wildman–Crippen LogP) is 4.40. The third kappa shape index (κ3) is 3.41. The molecule has 1 nitrogen and oxygen atoms in total. The molecule has 1 N–H and O–H groups in total. The van der Waals surface area contributed by atoms with Crippen LogP contribution in [0, 0.1) is 6.92 Å². The molecule has 0 aromatic carbocycles. The van der Waals surface area contributed by atoms with Gasteiger partial charge in [0.05, 0.1) is 0 Å². The number of hydrogen-bond donors (Lipinski definition) is 1. The van der Waals surface area contributed by atoms with Crippen molar-refractivity contribution < 1.29 is 0 Å². The molecule has 0 aliphatic heterocycles. The standard InChI is InChI=1S/C14H19NS2/c1-3-6-15-13(9-12-5-7-16-10-12)14-11(2)4-8-17-14/h4-5,7-8,10,13,15H,3,6,9H2,1-2H3. The van der Waals surface area contributed by atoms with E-state index in [1.54, 1.807) is 11.3 Å². The van der Waals surface area contributed by atoms with Crippen LogP contribution in [0.2, 0.25) is 0 Å². The molecule has 0 aliphatic rings. The molecule has 3 heteroatoms. The molecule has 2 heterocycles. The zero-order valence-corrected chi connectivity index (χ0v) is 12.0. The van der Waals surface area contributed by atoms with Crippen LogP contribution in [0.1, 0.15) is 35.4 Å². The average Bonchev–Trinajstić information content (AvgIpc) is 2.95. The molecular formula is C14H19NS2. The van der Waals surface area contributed by atoms with E-state index in [2.05, 4.69) is 47.4 Å². The Morgan fingerprint density at radius 1 is 1.29 bits per heavy atom. The van der Waals surface area contributed by atoms with Crippen LogP contribution in [-0.4, -0.2) is 6.54 Å². The van der Waals surface area contributed by atoms with Crippen LogP contribution in [0.5, 0.6) is 0 Å². The van der Waals surface area contributed by atoms with Crippen molar-refractivity contribution in [2.24, 2.45) is 0 Å². The minimum atomic E-state index is 0.476. The van der Waals surface area contributed by atoms with E-state index in [0.717, 1.165) is 13.0 Å². The number of nitrogens with one attached hydrogen (secondary N) is 1. The lowest BCUT2D eigenvalue weighted by Gasteiger charge is -2.17. The van der Waals surface area contributed by atoms with Crippen LogP contribution in [0.15, 0.2) is 28.3 Å². The molecular weight excluding hydrogens is 246 g/mol. The molecule has 0 amide bonds. The fraction of sp³-hybridized carbons (Fsp3) is 0.429. The summed E-state index contributed by atoms with van der Waals surface area (Å²) < 4.78 is 0. The number of thiophene rings is 2. The van der Waals surface area contributed by atoms with Gasteiger partial charge in [-0.2, -0.15) is 11.3 Å². The second-order valence-electron chi connectivity index (χ2n) is 4.31. The van der Waals surface area contributed by atoms with E-state index in [4.69, 9.17) is 0 Å². The Labute approximate surface area is 112 Å². The summed E-state index contributed by atoms with van der Waals surface area (Å²) in [6.07, 6.45) is 2.29. The summed E-state index contributed by atoms with van der Waals surface area (Å²) in [5, 5.41) is 10.3. The number of aryl methyl sites for hydroxylation is 1. The topological polar surface area (TPSA) is 12.0 Å². The smallest absolute Gasteiger partial charge is 0.0458 e. The van der Waals surface area contributed by atoms with Crippen molar-refractivity contribution >= 4 is 22.7 Å². The lowest BCUT2D eigenvalue weighted by molar-refractivity contribution is 0.535. The summed E-state index contributed by atoms with van der Waals surface area (Å²) in [5.41, 5.74) is 2.86. The van der Waals surface area contributed by atoms with Crippen LogP contribution in [0.25, 0.3) is 0 Å². The highest BCUT2D eigenvalue weighted by Gasteiger charge is 2.15. The van der Waals surface area contributed by atoms with Crippen molar-refractivity contribution in [3.8, 4) is 0 Å². The van der Waals surface area contributed by atoms with Crippen LogP contribution in [0.3, 0.4) is 0 Å². The van der Waals surface area contributed by atoms with E-state index in [9.17, 15) is 0 Å². The van der Waals surface area contributed by atoms with Gasteiger partial charge in [-0.05, 0) is 65.7 Å². The Kier molecular flexibility index (Phi) is 4.77. The van der Waals surface area contributed by atoms with Gasteiger partial charge < -0.3 is 5.32 Å². The van der Waals surface area contributed by atoms with E-state index in [1.807, 2.05) is 11.3 Å². The molecule has 0 bridgehead atoms. The second-order valence-corrected chi connectivity index (χ2v) is 6.04. The van der Waals surface area contributed by atoms with E-state index in [0.29, 0.717) is 6.04 Å².